The van der Waals surface area contributed by atoms with Crippen molar-refractivity contribution in [1.29, 1.82) is 5.26 Å². The zero-order valence-corrected chi connectivity index (χ0v) is 8.40. The molecule has 3 nitrogen and oxygen atoms in total. The van der Waals surface area contributed by atoms with E-state index in [4.69, 9.17) is 11.8 Å². The van der Waals surface area contributed by atoms with Crippen molar-refractivity contribution in [2.45, 2.75) is 13.0 Å². The van der Waals surface area contributed by atoms with Gasteiger partial charge in [0.1, 0.15) is 6.04 Å². The fraction of sp³-hybridized carbons (Fsp3) is 0.167. The monoisotopic (exact) mass is 199 g/mol. The molecule has 3 heteroatoms. The Morgan fingerprint density at radius 1 is 1.67 bits per heavy atom. The molecule has 1 aromatic rings. The van der Waals surface area contributed by atoms with Gasteiger partial charge in [0.25, 0.3) is 0 Å². The molecule has 1 aromatic carbocycles. The summed E-state index contributed by atoms with van der Waals surface area (Å²) in [5.41, 5.74) is 1.55. The van der Waals surface area contributed by atoms with Crippen molar-refractivity contribution in [3.63, 3.8) is 0 Å². The molecule has 0 aliphatic rings. The number of nitriles is 1. The Bertz CT molecular complexity index is 418. The third kappa shape index (κ3) is 2.96. The lowest BCUT2D eigenvalue weighted by molar-refractivity contribution is -0.119. The van der Waals surface area contributed by atoms with Gasteiger partial charge in [-0.25, -0.2) is 0 Å². The third-order valence-corrected chi connectivity index (χ3v) is 1.91. The normalized spacial score (nSPS) is 11.2. The van der Waals surface area contributed by atoms with E-state index in [0.717, 1.165) is 11.1 Å². The van der Waals surface area contributed by atoms with Gasteiger partial charge in [0.15, 0.2) is 0 Å². The van der Waals surface area contributed by atoms with Gasteiger partial charge in [-0.2, -0.15) is 5.26 Å². The number of carbonyl (C=O) groups excluding carboxylic acids is 1. The molecule has 0 fully saturated rings. The minimum Gasteiger partial charge on any atom is -0.337 e. The van der Waals surface area contributed by atoms with Gasteiger partial charge >= 0.3 is 0 Å². The number of amides is 1. The summed E-state index contributed by atoms with van der Waals surface area (Å²) in [6, 6.07) is 8.55. The topological polar surface area (TPSA) is 52.9 Å². The van der Waals surface area contributed by atoms with Crippen LogP contribution in [0.1, 0.15) is 24.1 Å². The first kappa shape index (κ1) is 11.0. The highest BCUT2D eigenvalue weighted by atomic mass is 16.1. The molecule has 1 atom stereocenters. The van der Waals surface area contributed by atoms with Gasteiger partial charge in [-0.15, -0.1) is 0 Å². The van der Waals surface area contributed by atoms with Crippen molar-refractivity contribution in [2.75, 3.05) is 0 Å². The van der Waals surface area contributed by atoms with Gasteiger partial charge in [-0.05, 0) is 17.2 Å². The van der Waals surface area contributed by atoms with E-state index in [0.29, 0.717) is 0 Å². The number of nitrogens with one attached hydrogen (secondary N) is 1. The number of hydrogen-bond acceptors (Lipinski definition) is 2. The van der Waals surface area contributed by atoms with Crippen LogP contribution in [-0.2, 0) is 4.79 Å². The molecule has 0 spiro atoms. The fourth-order valence-corrected chi connectivity index (χ4v) is 1.24. The molecule has 0 saturated heterocycles. The lowest BCUT2D eigenvalue weighted by Crippen LogP contribution is -2.24. The van der Waals surface area contributed by atoms with Gasteiger partial charge in [0.05, 0.1) is 6.07 Å². The number of benzene rings is 1. The SMILES string of the molecule is [CH]=Cc1cccc(C(C#N)NC(C)=O)c1. The van der Waals surface area contributed by atoms with E-state index in [2.05, 4.69) is 5.32 Å². The summed E-state index contributed by atoms with van der Waals surface area (Å²) in [6.45, 7) is 6.74. The molecule has 0 aromatic heterocycles. The van der Waals surface area contributed by atoms with Crippen LogP contribution >= 0.6 is 0 Å². The molecule has 0 aliphatic heterocycles. The molecule has 1 N–H and O–H groups in total. The summed E-state index contributed by atoms with van der Waals surface area (Å²) in [6.07, 6.45) is 1.45. The minimum absolute atomic E-state index is 0.233. The van der Waals surface area contributed by atoms with Gasteiger partial charge in [0, 0.05) is 6.92 Å². The van der Waals surface area contributed by atoms with E-state index in [1.807, 2.05) is 12.1 Å². The van der Waals surface area contributed by atoms with Crippen molar-refractivity contribution in [3.05, 3.63) is 42.0 Å². The molecule has 1 rings (SSSR count). The smallest absolute Gasteiger partial charge is 0.218 e. The van der Waals surface area contributed by atoms with Crippen molar-refractivity contribution < 1.29 is 4.79 Å². The van der Waals surface area contributed by atoms with Crippen LogP contribution in [0.4, 0.5) is 0 Å². The second-order valence-electron chi connectivity index (χ2n) is 3.10. The Balaban J connectivity index is 2.97. The van der Waals surface area contributed by atoms with Crippen LogP contribution < -0.4 is 5.32 Å². The molecule has 15 heavy (non-hydrogen) atoms. The third-order valence-electron chi connectivity index (χ3n) is 1.91. The zero-order valence-electron chi connectivity index (χ0n) is 8.40. The zero-order chi connectivity index (χ0) is 11.3. The molecule has 1 unspecified atom stereocenters. The van der Waals surface area contributed by atoms with E-state index in [1.165, 1.54) is 13.0 Å². The summed E-state index contributed by atoms with van der Waals surface area (Å²) in [5.74, 6) is -0.233. The average Bonchev–Trinajstić information content (AvgIpc) is 2.25. The van der Waals surface area contributed by atoms with Crippen molar-refractivity contribution in [3.8, 4) is 6.07 Å². The summed E-state index contributed by atoms with van der Waals surface area (Å²) in [5, 5.41) is 11.4. The summed E-state index contributed by atoms with van der Waals surface area (Å²) >= 11 is 0. The molecule has 0 saturated carbocycles. The van der Waals surface area contributed by atoms with Crippen LogP contribution in [0, 0.1) is 17.9 Å². The maximum atomic E-state index is 10.8. The largest absolute Gasteiger partial charge is 0.337 e. The average molecular weight is 199 g/mol. The number of carbonyl (C=O) groups is 1. The number of rotatable bonds is 3. The minimum atomic E-state index is -0.623. The molecule has 1 radical (unpaired) electrons. The van der Waals surface area contributed by atoms with Crippen LogP contribution in [-0.4, -0.2) is 5.91 Å². The van der Waals surface area contributed by atoms with E-state index in [1.54, 1.807) is 18.2 Å². The number of hydrogen-bond donors (Lipinski definition) is 1. The Morgan fingerprint density at radius 3 is 2.93 bits per heavy atom. The predicted molar refractivity (Wildman–Crippen MR) is 57.4 cm³/mol. The van der Waals surface area contributed by atoms with Crippen LogP contribution in [0.5, 0.6) is 0 Å². The van der Waals surface area contributed by atoms with E-state index in [9.17, 15) is 4.79 Å². The van der Waals surface area contributed by atoms with Crippen LogP contribution in [0.3, 0.4) is 0 Å². The Kier molecular flexibility index (Phi) is 3.64. The van der Waals surface area contributed by atoms with E-state index < -0.39 is 6.04 Å². The first-order chi connectivity index (χ1) is 7.17. The number of nitrogens with zero attached hydrogens (tertiary/aromatic N) is 1. The van der Waals surface area contributed by atoms with Crippen molar-refractivity contribution in [1.82, 2.24) is 5.32 Å². The first-order valence-electron chi connectivity index (χ1n) is 4.49. The lowest BCUT2D eigenvalue weighted by atomic mass is 10.0. The second kappa shape index (κ2) is 4.97. The molecule has 0 aliphatic carbocycles. The summed E-state index contributed by atoms with van der Waals surface area (Å²) in [7, 11) is 0. The highest BCUT2D eigenvalue weighted by Crippen LogP contribution is 2.14. The maximum absolute atomic E-state index is 10.8. The van der Waals surface area contributed by atoms with Crippen LogP contribution in [0.2, 0.25) is 0 Å². The standard InChI is InChI=1S/C12H11N2O/c1-3-10-5-4-6-11(7-10)12(8-13)14-9(2)15/h1,3-7,12H,2H3,(H,14,15). The lowest BCUT2D eigenvalue weighted by Gasteiger charge is -2.10. The first-order valence-corrected chi connectivity index (χ1v) is 4.49. The van der Waals surface area contributed by atoms with Crippen molar-refractivity contribution >= 4 is 12.0 Å². The van der Waals surface area contributed by atoms with E-state index >= 15 is 0 Å². The summed E-state index contributed by atoms with van der Waals surface area (Å²) in [4.78, 5) is 10.8. The van der Waals surface area contributed by atoms with Gasteiger partial charge in [-0.3, -0.25) is 4.79 Å². The van der Waals surface area contributed by atoms with Gasteiger partial charge < -0.3 is 5.32 Å². The molecule has 0 bridgehead atoms. The van der Waals surface area contributed by atoms with E-state index in [-0.39, 0.29) is 5.91 Å². The van der Waals surface area contributed by atoms with Gasteiger partial charge in [0.2, 0.25) is 5.91 Å². The highest BCUT2D eigenvalue weighted by molar-refractivity contribution is 5.74. The predicted octanol–water partition coefficient (Wildman–Crippen LogP) is 1.83. The Labute approximate surface area is 89.0 Å². The molecule has 0 heterocycles. The molecular weight excluding hydrogens is 188 g/mol. The second-order valence-corrected chi connectivity index (χ2v) is 3.10. The van der Waals surface area contributed by atoms with Crippen LogP contribution in [0.15, 0.2) is 24.3 Å². The molecule has 1 amide bonds. The quantitative estimate of drug-likeness (QED) is 0.807. The molecular formula is C12H11N2O. The van der Waals surface area contributed by atoms with Crippen molar-refractivity contribution in [2.24, 2.45) is 0 Å². The Hall–Kier alpha value is -2.08. The Morgan fingerprint density at radius 2 is 2.40 bits per heavy atom. The van der Waals surface area contributed by atoms with Gasteiger partial charge in [-0.1, -0.05) is 30.9 Å². The maximum Gasteiger partial charge on any atom is 0.218 e. The van der Waals surface area contributed by atoms with Crippen LogP contribution in [0.25, 0.3) is 6.08 Å². The fourth-order valence-electron chi connectivity index (χ4n) is 1.24. The summed E-state index contributed by atoms with van der Waals surface area (Å²) < 4.78 is 0. The molecule has 75 valence electrons. The highest BCUT2D eigenvalue weighted by Gasteiger charge is 2.10.